The van der Waals surface area contributed by atoms with E-state index in [1.807, 2.05) is 4.90 Å². The highest BCUT2D eigenvalue weighted by Gasteiger charge is 2.40. The third kappa shape index (κ3) is 4.10. The number of benzene rings is 2. The fourth-order valence-electron chi connectivity index (χ4n) is 5.06. The molecule has 0 spiro atoms. The van der Waals surface area contributed by atoms with Crippen molar-refractivity contribution in [2.24, 2.45) is 13.0 Å². The first-order chi connectivity index (χ1) is 19.2. The molecule has 0 radical (unpaired) electrons. The number of halogens is 3. The third-order valence-electron chi connectivity index (χ3n) is 7.15. The summed E-state index contributed by atoms with van der Waals surface area (Å²) in [5.41, 5.74) is 1.25. The van der Waals surface area contributed by atoms with Crippen LogP contribution < -0.4 is 9.80 Å². The first kappa shape index (κ1) is 25.1. The molecule has 0 saturated carbocycles. The van der Waals surface area contributed by atoms with Crippen molar-refractivity contribution in [1.29, 1.82) is 10.5 Å². The second-order valence-electron chi connectivity index (χ2n) is 9.66. The molecule has 6 rings (SSSR count). The molecule has 1 amide bonds. The van der Waals surface area contributed by atoms with Crippen molar-refractivity contribution >= 4 is 17.5 Å². The van der Waals surface area contributed by atoms with Gasteiger partial charge in [0.2, 0.25) is 0 Å². The zero-order chi connectivity index (χ0) is 28.2. The summed E-state index contributed by atoms with van der Waals surface area (Å²) >= 11 is 0. The molecular formula is C28H19F3N8O. The zero-order valence-electron chi connectivity index (χ0n) is 21.0. The van der Waals surface area contributed by atoms with E-state index in [2.05, 4.69) is 27.3 Å². The quantitative estimate of drug-likeness (QED) is 0.373. The average Bonchev–Trinajstić information content (AvgIpc) is 3.49. The minimum atomic E-state index is -4.62. The van der Waals surface area contributed by atoms with E-state index in [1.54, 1.807) is 48.3 Å². The van der Waals surface area contributed by atoms with Gasteiger partial charge in [-0.05, 0) is 59.2 Å². The highest BCUT2D eigenvalue weighted by atomic mass is 19.4. The molecule has 4 heterocycles. The number of aryl methyl sites for hydroxylation is 1. The predicted octanol–water partition coefficient (Wildman–Crippen LogP) is 4.55. The van der Waals surface area contributed by atoms with Crippen molar-refractivity contribution in [3.05, 3.63) is 77.1 Å². The Kier molecular flexibility index (Phi) is 5.77. The summed E-state index contributed by atoms with van der Waals surface area (Å²) in [6, 6.07) is 16.4. The van der Waals surface area contributed by atoms with Gasteiger partial charge in [-0.3, -0.25) is 9.69 Å². The Balaban J connectivity index is 1.51. The first-order valence-electron chi connectivity index (χ1n) is 12.2. The average molecular weight is 541 g/mol. The fraction of sp³-hybridized carbons (Fsp3) is 0.214. The molecule has 2 aliphatic heterocycles. The fourth-order valence-corrected chi connectivity index (χ4v) is 5.06. The molecule has 0 atom stereocenters. The number of amides is 1. The van der Waals surface area contributed by atoms with Gasteiger partial charge in [-0.1, -0.05) is 6.07 Å². The van der Waals surface area contributed by atoms with E-state index in [-0.39, 0.29) is 29.4 Å². The van der Waals surface area contributed by atoms with Crippen molar-refractivity contribution in [2.75, 3.05) is 22.9 Å². The Morgan fingerprint density at radius 3 is 2.45 bits per heavy atom. The molecule has 40 heavy (non-hydrogen) atoms. The molecule has 12 heteroatoms. The topological polar surface area (TPSA) is 115 Å². The number of aromatic nitrogens is 4. The number of carbonyl (C=O) groups is 1. The van der Waals surface area contributed by atoms with Crippen LogP contribution in [0.25, 0.3) is 22.5 Å². The lowest BCUT2D eigenvalue weighted by Crippen LogP contribution is -2.46. The van der Waals surface area contributed by atoms with Gasteiger partial charge in [-0.15, -0.1) is 10.2 Å². The van der Waals surface area contributed by atoms with Gasteiger partial charge in [0.15, 0.2) is 5.82 Å². The Morgan fingerprint density at radius 1 is 1.00 bits per heavy atom. The number of rotatable bonds is 4. The molecule has 9 nitrogen and oxygen atoms in total. The number of alkyl halides is 3. The molecule has 2 aliphatic rings. The van der Waals surface area contributed by atoms with Gasteiger partial charge in [0.05, 0.1) is 35.7 Å². The van der Waals surface area contributed by atoms with E-state index in [9.17, 15) is 28.5 Å². The molecule has 4 aromatic rings. The first-order valence-corrected chi connectivity index (χ1v) is 12.2. The molecule has 2 aromatic carbocycles. The highest BCUT2D eigenvalue weighted by Crippen LogP contribution is 2.41. The van der Waals surface area contributed by atoms with Crippen LogP contribution in [0.3, 0.4) is 0 Å². The van der Waals surface area contributed by atoms with Crippen LogP contribution in [0, 0.1) is 28.6 Å². The SMILES string of the molecule is Cn1cnnc1-c1ccc(C#N)cc1-c1cc(N2CC(C#N)C2)nc(N2Cc3c(cccc3C(F)(F)F)C2=O)c1. The lowest BCUT2D eigenvalue weighted by molar-refractivity contribution is -0.138. The van der Waals surface area contributed by atoms with Crippen LogP contribution in [0.5, 0.6) is 0 Å². The minimum absolute atomic E-state index is 0.0247. The van der Waals surface area contributed by atoms with E-state index >= 15 is 0 Å². The number of fused-ring (bicyclic) bond motifs is 1. The summed E-state index contributed by atoms with van der Waals surface area (Å²) in [6.45, 7) is 0.551. The van der Waals surface area contributed by atoms with Gasteiger partial charge in [0, 0.05) is 31.3 Å². The molecule has 0 N–H and O–H groups in total. The third-order valence-corrected chi connectivity index (χ3v) is 7.15. The van der Waals surface area contributed by atoms with Gasteiger partial charge < -0.3 is 9.47 Å². The maximum absolute atomic E-state index is 13.7. The highest BCUT2D eigenvalue weighted by molar-refractivity contribution is 6.10. The Morgan fingerprint density at radius 2 is 1.77 bits per heavy atom. The summed E-state index contributed by atoms with van der Waals surface area (Å²) in [6.07, 6.45) is -3.07. The number of anilines is 2. The van der Waals surface area contributed by atoms with Crippen molar-refractivity contribution in [3.8, 4) is 34.7 Å². The zero-order valence-corrected chi connectivity index (χ0v) is 21.0. The van der Waals surface area contributed by atoms with E-state index < -0.39 is 17.6 Å². The minimum Gasteiger partial charge on any atom is -0.354 e. The van der Waals surface area contributed by atoms with Gasteiger partial charge in [0.25, 0.3) is 5.91 Å². The van der Waals surface area contributed by atoms with E-state index in [0.717, 1.165) is 6.07 Å². The van der Waals surface area contributed by atoms with Crippen LogP contribution in [0.1, 0.15) is 27.0 Å². The van der Waals surface area contributed by atoms with E-state index in [4.69, 9.17) is 0 Å². The van der Waals surface area contributed by atoms with E-state index in [1.165, 1.54) is 17.0 Å². The summed E-state index contributed by atoms with van der Waals surface area (Å²) in [5, 5.41) is 27.0. The standard InChI is InChI=1S/C28H19F3N8O/c1-37-15-34-36-26(37)19-6-5-16(10-32)7-21(19)18-8-24(38-12-17(11-33)13-38)35-25(9-18)39-14-22-20(27(39)40)3-2-4-23(22)28(29,30)31/h2-9,15,17H,12-14H2,1H3. The molecule has 0 aliphatic carbocycles. The predicted molar refractivity (Wildman–Crippen MR) is 138 cm³/mol. The second-order valence-corrected chi connectivity index (χ2v) is 9.66. The summed E-state index contributed by atoms with van der Waals surface area (Å²) in [5.74, 6) is 0.387. The van der Waals surface area contributed by atoms with Gasteiger partial charge in [-0.25, -0.2) is 4.98 Å². The van der Waals surface area contributed by atoms with Crippen LogP contribution in [0.4, 0.5) is 24.8 Å². The number of hydrogen-bond acceptors (Lipinski definition) is 7. The number of carbonyl (C=O) groups excluding carboxylic acids is 1. The normalized spacial score (nSPS) is 15.0. The molecule has 0 unspecified atom stereocenters. The monoisotopic (exact) mass is 540 g/mol. The van der Waals surface area contributed by atoms with Gasteiger partial charge in [0.1, 0.15) is 18.0 Å². The molecule has 1 saturated heterocycles. The number of nitrogens with zero attached hydrogens (tertiary/aromatic N) is 8. The van der Waals surface area contributed by atoms with Crippen LogP contribution in [-0.4, -0.2) is 38.7 Å². The second kappa shape index (κ2) is 9.20. The number of hydrogen-bond donors (Lipinski definition) is 0. The maximum atomic E-state index is 13.7. The van der Waals surface area contributed by atoms with E-state index in [0.29, 0.717) is 47.0 Å². The van der Waals surface area contributed by atoms with Crippen molar-refractivity contribution in [1.82, 2.24) is 19.7 Å². The van der Waals surface area contributed by atoms with Crippen LogP contribution in [-0.2, 0) is 19.8 Å². The Bertz CT molecular complexity index is 1760. The maximum Gasteiger partial charge on any atom is 0.416 e. The van der Waals surface area contributed by atoms with Crippen LogP contribution in [0.2, 0.25) is 0 Å². The van der Waals surface area contributed by atoms with Crippen molar-refractivity contribution in [3.63, 3.8) is 0 Å². The van der Waals surface area contributed by atoms with Gasteiger partial charge in [-0.2, -0.15) is 23.7 Å². The van der Waals surface area contributed by atoms with Gasteiger partial charge >= 0.3 is 6.18 Å². The molecule has 2 aromatic heterocycles. The Hall–Kier alpha value is -5.23. The number of nitriles is 2. The summed E-state index contributed by atoms with van der Waals surface area (Å²) in [7, 11) is 1.78. The smallest absolute Gasteiger partial charge is 0.354 e. The molecule has 0 bridgehead atoms. The molecule has 198 valence electrons. The summed E-state index contributed by atoms with van der Waals surface area (Å²) < 4.78 is 43.0. The van der Waals surface area contributed by atoms with Crippen molar-refractivity contribution in [2.45, 2.75) is 12.7 Å². The summed E-state index contributed by atoms with van der Waals surface area (Å²) in [4.78, 5) is 21.1. The largest absolute Gasteiger partial charge is 0.416 e. The number of pyridine rings is 1. The van der Waals surface area contributed by atoms with Crippen molar-refractivity contribution < 1.29 is 18.0 Å². The molecular weight excluding hydrogens is 521 g/mol. The lowest BCUT2D eigenvalue weighted by atomic mass is 9.96. The lowest BCUT2D eigenvalue weighted by Gasteiger charge is -2.37. The van der Waals surface area contributed by atoms with Crippen LogP contribution in [0.15, 0.2) is 54.9 Å². The molecule has 1 fully saturated rings. The Labute approximate surface area is 226 Å². The van der Waals surface area contributed by atoms with Crippen LogP contribution >= 0.6 is 0 Å².